The topological polar surface area (TPSA) is 86.8 Å². The van der Waals surface area contributed by atoms with E-state index in [-0.39, 0.29) is 23.4 Å². The molecule has 1 fully saturated rings. The third kappa shape index (κ3) is 7.72. The number of nitrogens with zero attached hydrogens (tertiary/aromatic N) is 2. The quantitative estimate of drug-likeness (QED) is 0.272. The van der Waals surface area contributed by atoms with Crippen LogP contribution in [0.15, 0.2) is 77.7 Å². The molecule has 224 valence electrons. The summed E-state index contributed by atoms with van der Waals surface area (Å²) in [6.45, 7) is 5.38. The van der Waals surface area contributed by atoms with Crippen molar-refractivity contribution in [2.75, 3.05) is 10.8 Å². The van der Waals surface area contributed by atoms with Crippen LogP contribution in [0.1, 0.15) is 62.1 Å². The van der Waals surface area contributed by atoms with Gasteiger partial charge >= 0.3 is 0 Å². The first-order valence-corrected chi connectivity index (χ1v) is 16.4. The van der Waals surface area contributed by atoms with Crippen molar-refractivity contribution in [3.05, 3.63) is 94.5 Å². The second-order valence-corrected chi connectivity index (χ2v) is 13.3. The Morgan fingerprint density at radius 1 is 0.952 bits per heavy atom. The lowest BCUT2D eigenvalue weighted by molar-refractivity contribution is -0.140. The molecule has 0 spiro atoms. The van der Waals surface area contributed by atoms with Crippen molar-refractivity contribution in [2.45, 2.75) is 82.8 Å². The van der Waals surface area contributed by atoms with Crippen LogP contribution in [0.3, 0.4) is 0 Å². The molecule has 0 unspecified atom stereocenters. The van der Waals surface area contributed by atoms with E-state index in [1.54, 1.807) is 25.1 Å². The minimum atomic E-state index is -4.15. The SMILES string of the molecule is CC[C@@H](C(=O)NC1CCCCC1)N(Cc1cccc(C)c1)C(=O)CN(c1ccccc1C)S(=O)(=O)c1ccc(Cl)cc1. The van der Waals surface area contributed by atoms with Gasteiger partial charge in [-0.05, 0) is 74.6 Å². The summed E-state index contributed by atoms with van der Waals surface area (Å²) in [6.07, 6.45) is 5.55. The normalized spacial score (nSPS) is 14.7. The van der Waals surface area contributed by atoms with E-state index in [4.69, 9.17) is 11.6 Å². The van der Waals surface area contributed by atoms with Crippen molar-refractivity contribution in [1.82, 2.24) is 10.2 Å². The Balaban J connectivity index is 1.71. The summed E-state index contributed by atoms with van der Waals surface area (Å²) >= 11 is 6.04. The van der Waals surface area contributed by atoms with E-state index in [0.29, 0.717) is 22.7 Å². The second-order valence-electron chi connectivity index (χ2n) is 11.0. The summed E-state index contributed by atoms with van der Waals surface area (Å²) in [6, 6.07) is 20.1. The summed E-state index contributed by atoms with van der Waals surface area (Å²) in [7, 11) is -4.15. The van der Waals surface area contributed by atoms with Crippen molar-refractivity contribution >= 4 is 39.1 Å². The van der Waals surface area contributed by atoms with E-state index < -0.39 is 28.5 Å². The molecule has 1 saturated carbocycles. The Morgan fingerprint density at radius 3 is 2.29 bits per heavy atom. The molecular weight excluding hydrogens is 570 g/mol. The highest BCUT2D eigenvalue weighted by molar-refractivity contribution is 7.92. The number of aryl methyl sites for hydroxylation is 2. The number of para-hydroxylation sites is 1. The molecule has 0 saturated heterocycles. The van der Waals surface area contributed by atoms with E-state index in [1.165, 1.54) is 35.6 Å². The lowest BCUT2D eigenvalue weighted by Gasteiger charge is -2.34. The first kappa shape index (κ1) is 31.6. The van der Waals surface area contributed by atoms with Gasteiger partial charge < -0.3 is 10.2 Å². The molecule has 3 aromatic rings. The first-order chi connectivity index (χ1) is 20.1. The van der Waals surface area contributed by atoms with E-state index in [1.807, 2.05) is 44.2 Å². The number of hydrogen-bond donors (Lipinski definition) is 1. The molecule has 0 aromatic heterocycles. The van der Waals surface area contributed by atoms with Gasteiger partial charge in [0.05, 0.1) is 10.6 Å². The van der Waals surface area contributed by atoms with Crippen LogP contribution in [0.4, 0.5) is 5.69 Å². The van der Waals surface area contributed by atoms with Gasteiger partial charge in [-0.2, -0.15) is 0 Å². The number of sulfonamides is 1. The van der Waals surface area contributed by atoms with Crippen LogP contribution < -0.4 is 9.62 Å². The smallest absolute Gasteiger partial charge is 0.264 e. The molecule has 2 amide bonds. The number of benzene rings is 3. The zero-order chi connectivity index (χ0) is 30.3. The van der Waals surface area contributed by atoms with Gasteiger partial charge in [-0.1, -0.05) is 85.8 Å². The van der Waals surface area contributed by atoms with Gasteiger partial charge in [0.1, 0.15) is 12.6 Å². The second kappa shape index (κ2) is 14.2. The zero-order valence-electron chi connectivity index (χ0n) is 24.6. The molecule has 1 N–H and O–H groups in total. The average molecular weight is 610 g/mol. The van der Waals surface area contributed by atoms with Crippen LogP contribution in [-0.2, 0) is 26.2 Å². The highest BCUT2D eigenvalue weighted by Crippen LogP contribution is 2.28. The van der Waals surface area contributed by atoms with Crippen molar-refractivity contribution in [1.29, 1.82) is 0 Å². The van der Waals surface area contributed by atoms with E-state index >= 15 is 0 Å². The molecule has 0 radical (unpaired) electrons. The summed E-state index contributed by atoms with van der Waals surface area (Å²) < 4.78 is 29.2. The van der Waals surface area contributed by atoms with Crippen molar-refractivity contribution in [3.8, 4) is 0 Å². The average Bonchev–Trinajstić information content (AvgIpc) is 2.97. The Bertz CT molecular complexity index is 1490. The Kier molecular flexibility index (Phi) is 10.7. The van der Waals surface area contributed by atoms with Crippen LogP contribution in [0.25, 0.3) is 0 Å². The van der Waals surface area contributed by atoms with Gasteiger partial charge in [0.2, 0.25) is 11.8 Å². The molecule has 4 rings (SSSR count). The molecule has 1 atom stereocenters. The fourth-order valence-electron chi connectivity index (χ4n) is 5.56. The van der Waals surface area contributed by atoms with Crippen LogP contribution in [0, 0.1) is 13.8 Å². The summed E-state index contributed by atoms with van der Waals surface area (Å²) in [5.41, 5.74) is 3.01. The van der Waals surface area contributed by atoms with Crippen LogP contribution in [-0.4, -0.2) is 43.8 Å². The van der Waals surface area contributed by atoms with Gasteiger partial charge in [-0.3, -0.25) is 13.9 Å². The largest absolute Gasteiger partial charge is 0.352 e. The number of halogens is 1. The number of hydrogen-bond acceptors (Lipinski definition) is 4. The summed E-state index contributed by atoms with van der Waals surface area (Å²) in [4.78, 5) is 29.5. The predicted octanol–water partition coefficient (Wildman–Crippen LogP) is 6.41. The molecule has 0 bridgehead atoms. The fraction of sp³-hybridized carbons (Fsp3) is 0.394. The van der Waals surface area contributed by atoms with Crippen LogP contribution >= 0.6 is 11.6 Å². The number of rotatable bonds is 11. The molecule has 0 aliphatic heterocycles. The maximum atomic E-state index is 14.3. The monoisotopic (exact) mass is 609 g/mol. The zero-order valence-corrected chi connectivity index (χ0v) is 26.1. The summed E-state index contributed by atoms with van der Waals surface area (Å²) in [5, 5.41) is 3.59. The Hall–Kier alpha value is -3.36. The van der Waals surface area contributed by atoms with Gasteiger partial charge in [-0.25, -0.2) is 8.42 Å². The third-order valence-electron chi connectivity index (χ3n) is 7.84. The van der Waals surface area contributed by atoms with Crippen LogP contribution in [0.5, 0.6) is 0 Å². The lowest BCUT2D eigenvalue weighted by atomic mass is 9.95. The van der Waals surface area contributed by atoms with Crippen molar-refractivity contribution in [3.63, 3.8) is 0 Å². The maximum Gasteiger partial charge on any atom is 0.264 e. The molecular formula is C33H40ClN3O4S. The molecule has 9 heteroatoms. The van der Waals surface area contributed by atoms with Gasteiger partial charge in [0, 0.05) is 17.6 Å². The van der Waals surface area contributed by atoms with Crippen molar-refractivity contribution < 1.29 is 18.0 Å². The lowest BCUT2D eigenvalue weighted by Crippen LogP contribution is -2.54. The summed E-state index contributed by atoms with van der Waals surface area (Å²) in [5.74, 6) is -0.656. The standard InChI is InChI=1S/C33H40ClN3O4S/c1-4-30(33(39)35-28-14-6-5-7-15-28)36(22-26-13-10-11-24(2)21-26)32(38)23-37(31-16-9-8-12-25(31)3)42(40,41)29-19-17-27(34)18-20-29/h8-13,16-21,28,30H,4-7,14-15,22-23H2,1-3H3,(H,35,39)/t30-/m0/s1. The predicted molar refractivity (Wildman–Crippen MR) is 168 cm³/mol. The minimum absolute atomic E-state index is 0.0234. The molecule has 3 aromatic carbocycles. The Labute approximate surface area is 254 Å². The van der Waals surface area contributed by atoms with Crippen LogP contribution in [0.2, 0.25) is 5.02 Å². The number of carbonyl (C=O) groups excluding carboxylic acids is 2. The number of anilines is 1. The number of nitrogens with one attached hydrogen (secondary N) is 1. The Morgan fingerprint density at radius 2 is 1.64 bits per heavy atom. The highest BCUT2D eigenvalue weighted by Gasteiger charge is 2.34. The minimum Gasteiger partial charge on any atom is -0.352 e. The van der Waals surface area contributed by atoms with Gasteiger partial charge in [0.15, 0.2) is 0 Å². The molecule has 0 heterocycles. The number of carbonyl (C=O) groups is 2. The highest BCUT2D eigenvalue weighted by atomic mass is 35.5. The molecule has 42 heavy (non-hydrogen) atoms. The van der Waals surface area contributed by atoms with E-state index in [0.717, 1.165) is 41.1 Å². The maximum absolute atomic E-state index is 14.3. The third-order valence-corrected chi connectivity index (χ3v) is 9.86. The van der Waals surface area contributed by atoms with Crippen molar-refractivity contribution in [2.24, 2.45) is 0 Å². The molecule has 1 aliphatic rings. The van der Waals surface area contributed by atoms with Gasteiger partial charge in [-0.15, -0.1) is 0 Å². The fourth-order valence-corrected chi connectivity index (χ4v) is 7.17. The van der Waals surface area contributed by atoms with Gasteiger partial charge in [0.25, 0.3) is 10.0 Å². The number of amides is 2. The van der Waals surface area contributed by atoms with E-state index in [2.05, 4.69) is 5.32 Å². The van der Waals surface area contributed by atoms with E-state index in [9.17, 15) is 18.0 Å². The first-order valence-electron chi connectivity index (χ1n) is 14.6. The molecule has 7 nitrogen and oxygen atoms in total. The molecule has 1 aliphatic carbocycles.